The zero-order valence-electron chi connectivity index (χ0n) is 18.9. The predicted octanol–water partition coefficient (Wildman–Crippen LogP) is 2.88. The summed E-state index contributed by atoms with van der Waals surface area (Å²) in [6, 6.07) is 15.2. The molecule has 0 aromatic heterocycles. The molecule has 1 heterocycles. The summed E-state index contributed by atoms with van der Waals surface area (Å²) in [4.78, 5) is 10.2. The van der Waals surface area contributed by atoms with Gasteiger partial charge >= 0.3 is 0 Å². The van der Waals surface area contributed by atoms with Crippen molar-refractivity contribution >= 4 is 29.9 Å². The van der Waals surface area contributed by atoms with E-state index in [1.54, 1.807) is 25.5 Å². The fourth-order valence-electron chi connectivity index (χ4n) is 3.28. The molecule has 1 saturated heterocycles. The lowest BCUT2D eigenvalue weighted by Crippen LogP contribution is -2.22. The molecule has 2 aromatic rings. The van der Waals surface area contributed by atoms with Crippen LogP contribution in [0.5, 0.6) is 5.75 Å². The first-order valence-corrected chi connectivity index (χ1v) is 10.7. The fraction of sp³-hybridized carbons (Fsp3) is 0.333. The summed E-state index contributed by atoms with van der Waals surface area (Å²) >= 11 is 0. The molecule has 2 aromatic carbocycles. The lowest BCUT2D eigenvalue weighted by Gasteiger charge is -2.19. The smallest absolute Gasteiger partial charge is 0.221 e. The fourth-order valence-corrected chi connectivity index (χ4v) is 3.28. The van der Waals surface area contributed by atoms with Gasteiger partial charge in [0, 0.05) is 44.8 Å². The Morgan fingerprint density at radius 3 is 3.00 bits per heavy atom. The molecule has 0 amide bonds. The van der Waals surface area contributed by atoms with E-state index in [0.29, 0.717) is 17.9 Å². The quantitative estimate of drug-likeness (QED) is 0.402. The second kappa shape index (κ2) is 12.3. The maximum absolute atomic E-state index is 9.44. The van der Waals surface area contributed by atoms with Crippen LogP contribution in [0.25, 0.3) is 0 Å². The molecule has 33 heavy (non-hydrogen) atoms. The molecule has 172 valence electrons. The molecular weight excluding hydrogens is 418 g/mol. The standard InChI is InChI=1S/C24H29N7O2/c1-31(10-11-32-2)21-5-3-4-20(13-21)30-24(26)29-17-28-15-18-6-7-23(19(12-18)14-25)33-22-8-9-27-16-22/h3-7,12-13,15,17,22,27H,8-11,16H2,1-2H3,(H2,26,30)/b28-15+,29-17-/t22-/m1/s1. The van der Waals surface area contributed by atoms with Gasteiger partial charge in [0.05, 0.1) is 12.2 Å². The van der Waals surface area contributed by atoms with E-state index in [1.807, 2.05) is 37.4 Å². The Bertz CT molecular complexity index is 1040. The topological polar surface area (TPSA) is 118 Å². The van der Waals surface area contributed by atoms with Crippen molar-refractivity contribution in [2.24, 2.45) is 9.98 Å². The number of likely N-dealkylation sites (N-methyl/N-ethyl adjacent to an activating group) is 1. The van der Waals surface area contributed by atoms with Crippen molar-refractivity contribution < 1.29 is 9.47 Å². The van der Waals surface area contributed by atoms with Gasteiger partial charge in [-0.15, -0.1) is 0 Å². The number of ether oxygens (including phenoxy) is 2. The number of anilines is 2. The number of nitriles is 1. The van der Waals surface area contributed by atoms with Crippen LogP contribution in [0, 0.1) is 16.7 Å². The zero-order chi connectivity index (χ0) is 23.5. The second-order valence-electron chi connectivity index (χ2n) is 7.56. The number of methoxy groups -OCH3 is 1. The normalized spacial score (nSPS) is 15.6. The molecule has 9 nitrogen and oxygen atoms in total. The van der Waals surface area contributed by atoms with E-state index in [9.17, 15) is 5.26 Å². The molecule has 3 N–H and O–H groups in total. The van der Waals surface area contributed by atoms with Crippen molar-refractivity contribution in [2.75, 3.05) is 50.6 Å². The Kier molecular flexibility index (Phi) is 8.94. The van der Waals surface area contributed by atoms with E-state index in [1.165, 1.54) is 6.34 Å². The molecule has 0 saturated carbocycles. The highest BCUT2D eigenvalue weighted by atomic mass is 16.5. The Labute approximate surface area is 194 Å². The van der Waals surface area contributed by atoms with Crippen LogP contribution in [0.3, 0.4) is 0 Å². The minimum absolute atomic E-state index is 0.0320. The SMILES string of the molecule is COCCN(C)c1cccc(NC(=N)/N=C\N=C\c2ccc(O[C@@H]3CCNC3)c(C#N)c2)c1. The summed E-state index contributed by atoms with van der Waals surface area (Å²) in [6.45, 7) is 3.12. The third-order valence-electron chi connectivity index (χ3n) is 5.09. The number of hydrogen-bond acceptors (Lipinski definition) is 6. The van der Waals surface area contributed by atoms with E-state index < -0.39 is 0 Å². The molecule has 3 rings (SSSR count). The van der Waals surface area contributed by atoms with Crippen molar-refractivity contribution in [1.82, 2.24) is 5.32 Å². The van der Waals surface area contributed by atoms with Crippen LogP contribution < -0.4 is 20.3 Å². The average Bonchev–Trinajstić information content (AvgIpc) is 3.34. The van der Waals surface area contributed by atoms with Gasteiger partial charge in [-0.3, -0.25) is 5.41 Å². The maximum Gasteiger partial charge on any atom is 0.221 e. The van der Waals surface area contributed by atoms with Crippen LogP contribution in [0.4, 0.5) is 11.4 Å². The molecule has 0 spiro atoms. The van der Waals surface area contributed by atoms with Gasteiger partial charge in [0.1, 0.15) is 24.3 Å². The maximum atomic E-state index is 9.44. The van der Waals surface area contributed by atoms with E-state index >= 15 is 0 Å². The Morgan fingerprint density at radius 2 is 2.24 bits per heavy atom. The number of nitrogens with zero attached hydrogens (tertiary/aromatic N) is 4. The highest BCUT2D eigenvalue weighted by molar-refractivity contribution is 5.98. The number of guanidine groups is 1. The zero-order valence-corrected chi connectivity index (χ0v) is 18.9. The van der Waals surface area contributed by atoms with Crippen molar-refractivity contribution in [2.45, 2.75) is 12.5 Å². The minimum atomic E-state index is -0.0320. The van der Waals surface area contributed by atoms with E-state index in [-0.39, 0.29) is 12.1 Å². The molecule has 9 heteroatoms. The summed E-state index contributed by atoms with van der Waals surface area (Å²) in [5, 5.41) is 23.6. The Balaban J connectivity index is 1.54. The molecule has 0 radical (unpaired) electrons. The van der Waals surface area contributed by atoms with Crippen LogP contribution in [0.2, 0.25) is 0 Å². The van der Waals surface area contributed by atoms with Crippen molar-refractivity contribution in [3.63, 3.8) is 0 Å². The third-order valence-corrected chi connectivity index (χ3v) is 5.09. The number of nitrogens with one attached hydrogen (secondary N) is 3. The molecule has 1 atom stereocenters. The number of aliphatic imine (C=N–C) groups is 2. The van der Waals surface area contributed by atoms with Crippen LogP contribution in [0.15, 0.2) is 52.4 Å². The first-order valence-electron chi connectivity index (χ1n) is 10.7. The average molecular weight is 448 g/mol. The second-order valence-corrected chi connectivity index (χ2v) is 7.56. The van der Waals surface area contributed by atoms with Crippen LogP contribution in [-0.2, 0) is 4.74 Å². The van der Waals surface area contributed by atoms with E-state index in [4.69, 9.17) is 14.9 Å². The van der Waals surface area contributed by atoms with Gasteiger partial charge in [-0.1, -0.05) is 6.07 Å². The molecular formula is C24H29N7O2. The molecule has 0 unspecified atom stereocenters. The lowest BCUT2D eigenvalue weighted by molar-refractivity contribution is 0.206. The minimum Gasteiger partial charge on any atom is -0.488 e. The van der Waals surface area contributed by atoms with Crippen LogP contribution in [0.1, 0.15) is 17.5 Å². The summed E-state index contributed by atoms with van der Waals surface area (Å²) < 4.78 is 11.0. The molecule has 0 bridgehead atoms. The van der Waals surface area contributed by atoms with Crippen molar-refractivity contribution in [3.8, 4) is 11.8 Å². The molecule has 1 fully saturated rings. The number of rotatable bonds is 9. The number of hydrogen-bond donors (Lipinski definition) is 3. The number of benzene rings is 2. The first kappa shape index (κ1) is 23.9. The Morgan fingerprint density at radius 1 is 1.36 bits per heavy atom. The van der Waals surface area contributed by atoms with E-state index in [2.05, 4.69) is 31.6 Å². The summed E-state index contributed by atoms with van der Waals surface area (Å²) in [7, 11) is 3.66. The van der Waals surface area contributed by atoms with Gasteiger partial charge < -0.3 is 25.0 Å². The first-order chi connectivity index (χ1) is 16.1. The van der Waals surface area contributed by atoms with Crippen LogP contribution >= 0.6 is 0 Å². The van der Waals surface area contributed by atoms with Gasteiger partial charge in [-0.25, -0.2) is 9.98 Å². The van der Waals surface area contributed by atoms with Gasteiger partial charge in [0.25, 0.3) is 0 Å². The van der Waals surface area contributed by atoms with Crippen LogP contribution in [-0.4, -0.2) is 65.0 Å². The van der Waals surface area contributed by atoms with Gasteiger partial charge in [-0.2, -0.15) is 5.26 Å². The molecule has 0 aliphatic carbocycles. The summed E-state index contributed by atoms with van der Waals surface area (Å²) in [5.74, 6) is 0.550. The third kappa shape index (κ3) is 7.42. The Hall–Kier alpha value is -3.74. The van der Waals surface area contributed by atoms with Crippen molar-refractivity contribution in [1.29, 1.82) is 10.7 Å². The van der Waals surface area contributed by atoms with Gasteiger partial charge in [-0.05, 0) is 54.9 Å². The predicted molar refractivity (Wildman–Crippen MR) is 132 cm³/mol. The lowest BCUT2D eigenvalue weighted by atomic mass is 10.1. The van der Waals surface area contributed by atoms with Crippen molar-refractivity contribution in [3.05, 3.63) is 53.6 Å². The van der Waals surface area contributed by atoms with E-state index in [0.717, 1.165) is 43.0 Å². The van der Waals surface area contributed by atoms with Gasteiger partial charge in [0.15, 0.2) is 0 Å². The molecule has 1 aliphatic rings. The molecule has 1 aliphatic heterocycles. The monoisotopic (exact) mass is 447 g/mol. The highest BCUT2D eigenvalue weighted by Crippen LogP contribution is 2.22. The summed E-state index contributed by atoms with van der Waals surface area (Å²) in [5.41, 5.74) is 2.99. The summed E-state index contributed by atoms with van der Waals surface area (Å²) in [6.07, 6.45) is 3.90. The van der Waals surface area contributed by atoms with Gasteiger partial charge in [0.2, 0.25) is 5.96 Å². The largest absolute Gasteiger partial charge is 0.488 e. The highest BCUT2D eigenvalue weighted by Gasteiger charge is 2.17.